The third-order valence-corrected chi connectivity index (χ3v) is 2.23. The molecular weight excluding hydrogens is 234 g/mol. The Morgan fingerprint density at radius 1 is 1.23 bits per heavy atom. The highest BCUT2D eigenvalue weighted by atomic mass is 79.9. The largest absolute Gasteiger partial charge is 0.349 e. The topological polar surface area (TPSA) is 46.2 Å². The van der Waals surface area contributed by atoms with E-state index in [1.54, 1.807) is 0 Å². The van der Waals surface area contributed by atoms with Crippen molar-refractivity contribution in [1.29, 1.82) is 0 Å². The van der Waals surface area contributed by atoms with Gasteiger partial charge in [0.2, 0.25) is 5.91 Å². The van der Waals surface area contributed by atoms with Gasteiger partial charge < -0.3 is 10.1 Å². The lowest BCUT2D eigenvalue weighted by Crippen LogP contribution is -2.24. The predicted octanol–water partition coefficient (Wildman–Crippen LogP) is 1.65. The highest BCUT2D eigenvalue weighted by molar-refractivity contribution is 9.09. The van der Waals surface area contributed by atoms with Crippen LogP contribution in [0.1, 0.15) is 32.1 Å². The van der Waals surface area contributed by atoms with Crippen molar-refractivity contribution in [3.8, 4) is 0 Å². The van der Waals surface area contributed by atoms with Crippen LogP contribution in [0.3, 0.4) is 0 Å². The number of halogens is 1. The highest BCUT2D eigenvalue weighted by Crippen LogP contribution is 2.04. The molecule has 0 heterocycles. The van der Waals surface area contributed by atoms with E-state index in [0.29, 0.717) is 12.7 Å². The van der Waals surface area contributed by atoms with Gasteiger partial charge in [0.1, 0.15) is 6.29 Å². The lowest BCUT2D eigenvalue weighted by molar-refractivity contribution is -0.122. The molecule has 4 heteroatoms. The van der Waals surface area contributed by atoms with Crippen LogP contribution in [0.5, 0.6) is 0 Å². The minimum atomic E-state index is -0.0223. The van der Waals surface area contributed by atoms with Gasteiger partial charge in [-0.05, 0) is 12.8 Å². The van der Waals surface area contributed by atoms with Gasteiger partial charge in [0.05, 0.1) is 6.54 Å². The molecule has 0 atom stereocenters. The van der Waals surface area contributed by atoms with Crippen molar-refractivity contribution < 1.29 is 9.59 Å². The molecule has 0 unspecified atom stereocenters. The molecule has 0 saturated carbocycles. The lowest BCUT2D eigenvalue weighted by atomic mass is 10.1. The smallest absolute Gasteiger partial charge is 0.220 e. The fourth-order valence-electron chi connectivity index (χ4n) is 0.977. The Morgan fingerprint density at radius 2 is 1.92 bits per heavy atom. The first-order valence-electron chi connectivity index (χ1n) is 4.57. The second-order valence-corrected chi connectivity index (χ2v) is 3.62. The van der Waals surface area contributed by atoms with E-state index in [0.717, 1.165) is 31.0 Å². The molecule has 0 aromatic heterocycles. The van der Waals surface area contributed by atoms with Crippen LogP contribution in [-0.4, -0.2) is 24.1 Å². The van der Waals surface area contributed by atoms with Crippen LogP contribution in [0.4, 0.5) is 0 Å². The maximum absolute atomic E-state index is 11.0. The summed E-state index contributed by atoms with van der Waals surface area (Å²) in [4.78, 5) is 20.9. The number of carbonyl (C=O) groups excluding carboxylic acids is 2. The van der Waals surface area contributed by atoms with E-state index >= 15 is 0 Å². The summed E-state index contributed by atoms with van der Waals surface area (Å²) in [6, 6.07) is 0. The minimum Gasteiger partial charge on any atom is -0.349 e. The molecule has 0 aliphatic heterocycles. The zero-order valence-electron chi connectivity index (χ0n) is 7.72. The summed E-state index contributed by atoms with van der Waals surface area (Å²) in [5.74, 6) is -0.0223. The molecule has 0 aliphatic rings. The molecule has 3 nitrogen and oxygen atoms in total. The van der Waals surface area contributed by atoms with E-state index in [1.807, 2.05) is 0 Å². The first-order valence-corrected chi connectivity index (χ1v) is 5.69. The van der Waals surface area contributed by atoms with Crippen molar-refractivity contribution in [2.75, 3.05) is 11.9 Å². The highest BCUT2D eigenvalue weighted by Gasteiger charge is 1.98. The summed E-state index contributed by atoms with van der Waals surface area (Å²) >= 11 is 3.35. The molecule has 1 N–H and O–H groups in total. The van der Waals surface area contributed by atoms with E-state index in [-0.39, 0.29) is 12.5 Å². The molecular formula is C9H16BrNO2. The number of unbranched alkanes of at least 4 members (excludes halogenated alkanes) is 3. The van der Waals surface area contributed by atoms with Crippen molar-refractivity contribution in [3.63, 3.8) is 0 Å². The van der Waals surface area contributed by atoms with E-state index in [9.17, 15) is 9.59 Å². The first-order chi connectivity index (χ1) is 6.31. The van der Waals surface area contributed by atoms with Gasteiger partial charge in [0.25, 0.3) is 0 Å². The number of carbonyl (C=O) groups is 2. The fraction of sp³-hybridized carbons (Fsp3) is 0.778. The molecule has 0 aliphatic carbocycles. The Hall–Kier alpha value is -0.380. The van der Waals surface area contributed by atoms with Gasteiger partial charge in [-0.2, -0.15) is 0 Å². The van der Waals surface area contributed by atoms with Gasteiger partial charge in [-0.1, -0.05) is 28.8 Å². The van der Waals surface area contributed by atoms with Crippen LogP contribution in [-0.2, 0) is 9.59 Å². The second kappa shape index (κ2) is 9.71. The summed E-state index contributed by atoms with van der Waals surface area (Å²) in [7, 11) is 0. The van der Waals surface area contributed by atoms with Crippen molar-refractivity contribution in [3.05, 3.63) is 0 Å². The molecule has 76 valence electrons. The van der Waals surface area contributed by atoms with Crippen LogP contribution in [0.15, 0.2) is 0 Å². The summed E-state index contributed by atoms with van der Waals surface area (Å²) in [5, 5.41) is 3.54. The van der Waals surface area contributed by atoms with Crippen LogP contribution < -0.4 is 5.32 Å². The van der Waals surface area contributed by atoms with Crippen LogP contribution in [0.25, 0.3) is 0 Å². The average Bonchev–Trinajstić information content (AvgIpc) is 2.14. The number of alkyl halides is 1. The number of aldehydes is 1. The van der Waals surface area contributed by atoms with Crippen LogP contribution in [0, 0.1) is 0 Å². The normalized spacial score (nSPS) is 9.62. The fourth-order valence-corrected chi connectivity index (χ4v) is 1.37. The van der Waals surface area contributed by atoms with E-state index < -0.39 is 0 Å². The van der Waals surface area contributed by atoms with Gasteiger partial charge in [-0.15, -0.1) is 0 Å². The summed E-state index contributed by atoms with van der Waals surface area (Å²) in [6.07, 6.45) is 5.55. The first kappa shape index (κ1) is 12.6. The standard InChI is InChI=1S/C9H16BrNO2/c10-6-4-2-1-3-5-9(13)11-7-8-12/h8H,1-7H2,(H,11,13). The monoisotopic (exact) mass is 249 g/mol. The molecule has 0 rings (SSSR count). The second-order valence-electron chi connectivity index (χ2n) is 2.82. The summed E-state index contributed by atoms with van der Waals surface area (Å²) in [5.41, 5.74) is 0. The van der Waals surface area contributed by atoms with Gasteiger partial charge in [0, 0.05) is 11.8 Å². The van der Waals surface area contributed by atoms with Gasteiger partial charge in [-0.25, -0.2) is 0 Å². The Balaban J connectivity index is 3.12. The SMILES string of the molecule is O=CCNC(=O)CCCCCCBr. The summed E-state index contributed by atoms with van der Waals surface area (Å²) in [6.45, 7) is 0.139. The number of hydrogen-bond donors (Lipinski definition) is 1. The molecule has 0 aromatic rings. The van der Waals surface area contributed by atoms with Crippen molar-refractivity contribution in [1.82, 2.24) is 5.32 Å². The predicted molar refractivity (Wildman–Crippen MR) is 56.0 cm³/mol. The molecule has 0 aromatic carbocycles. The minimum absolute atomic E-state index is 0.0223. The zero-order chi connectivity index (χ0) is 9.94. The quantitative estimate of drug-likeness (QED) is 0.404. The Labute approximate surface area is 87.4 Å². The van der Waals surface area contributed by atoms with E-state index in [4.69, 9.17) is 0 Å². The van der Waals surface area contributed by atoms with Gasteiger partial charge >= 0.3 is 0 Å². The maximum Gasteiger partial charge on any atom is 0.220 e. The summed E-state index contributed by atoms with van der Waals surface area (Å²) < 4.78 is 0. The molecule has 0 fully saturated rings. The zero-order valence-corrected chi connectivity index (χ0v) is 9.31. The van der Waals surface area contributed by atoms with Gasteiger partial charge in [-0.3, -0.25) is 4.79 Å². The maximum atomic E-state index is 11.0. The van der Waals surface area contributed by atoms with E-state index in [2.05, 4.69) is 21.2 Å². The molecule has 0 bridgehead atoms. The molecule has 1 amide bonds. The Kier molecular flexibility index (Phi) is 9.42. The Morgan fingerprint density at radius 3 is 2.54 bits per heavy atom. The lowest BCUT2D eigenvalue weighted by Gasteiger charge is -2.00. The van der Waals surface area contributed by atoms with Crippen molar-refractivity contribution >= 4 is 28.1 Å². The van der Waals surface area contributed by atoms with E-state index in [1.165, 1.54) is 0 Å². The number of rotatable bonds is 8. The van der Waals surface area contributed by atoms with Crippen molar-refractivity contribution in [2.24, 2.45) is 0 Å². The third kappa shape index (κ3) is 9.53. The molecule has 0 saturated heterocycles. The van der Waals surface area contributed by atoms with Crippen molar-refractivity contribution in [2.45, 2.75) is 32.1 Å². The number of nitrogens with one attached hydrogen (secondary N) is 1. The van der Waals surface area contributed by atoms with Crippen LogP contribution >= 0.6 is 15.9 Å². The van der Waals surface area contributed by atoms with Crippen LogP contribution in [0.2, 0.25) is 0 Å². The molecule has 13 heavy (non-hydrogen) atoms. The number of hydrogen-bond acceptors (Lipinski definition) is 2. The third-order valence-electron chi connectivity index (χ3n) is 1.67. The number of amides is 1. The Bertz CT molecular complexity index is 151. The molecule has 0 spiro atoms. The van der Waals surface area contributed by atoms with Gasteiger partial charge in [0.15, 0.2) is 0 Å². The molecule has 0 radical (unpaired) electrons. The average molecular weight is 250 g/mol.